The first-order chi connectivity index (χ1) is 7.84. The number of phenols is 1. The van der Waals surface area contributed by atoms with Crippen molar-refractivity contribution in [1.29, 1.82) is 0 Å². The summed E-state index contributed by atoms with van der Waals surface area (Å²) in [5, 5.41) is 9.29. The van der Waals surface area contributed by atoms with Crippen LogP contribution in [0.5, 0.6) is 5.75 Å². The van der Waals surface area contributed by atoms with Gasteiger partial charge >= 0.3 is 12.1 Å². The van der Waals surface area contributed by atoms with E-state index in [0.717, 1.165) is 19.2 Å². The van der Waals surface area contributed by atoms with E-state index < -0.39 is 23.5 Å². The molecule has 0 aromatic heterocycles. The van der Waals surface area contributed by atoms with Gasteiger partial charge in [-0.05, 0) is 18.2 Å². The van der Waals surface area contributed by atoms with E-state index in [9.17, 15) is 23.1 Å². The fraction of sp³-hybridized carbons (Fsp3) is 0.182. The zero-order valence-corrected chi connectivity index (χ0v) is 8.63. The van der Waals surface area contributed by atoms with Gasteiger partial charge in [0.05, 0.1) is 18.2 Å². The number of rotatable bonds is 0. The van der Waals surface area contributed by atoms with Crippen LogP contribution in [0.3, 0.4) is 0 Å². The lowest BCUT2D eigenvalue weighted by molar-refractivity contribution is -0.137. The number of ether oxygens (including phenoxy) is 1. The van der Waals surface area contributed by atoms with Crippen molar-refractivity contribution in [1.82, 2.24) is 0 Å². The SMILES string of the molecule is COC(=O)C#Cc1ccc(C(F)(F)F)cc1O. The fourth-order valence-corrected chi connectivity index (χ4v) is 0.983. The topological polar surface area (TPSA) is 46.5 Å². The molecule has 0 aliphatic heterocycles. The lowest BCUT2D eigenvalue weighted by atomic mass is 10.1. The zero-order valence-electron chi connectivity index (χ0n) is 8.63. The van der Waals surface area contributed by atoms with Crippen molar-refractivity contribution in [3.63, 3.8) is 0 Å². The molecule has 0 amide bonds. The molecule has 1 rings (SSSR count). The van der Waals surface area contributed by atoms with Crippen LogP contribution in [0.4, 0.5) is 13.2 Å². The summed E-state index contributed by atoms with van der Waals surface area (Å²) in [5.74, 6) is 2.71. The highest BCUT2D eigenvalue weighted by molar-refractivity contribution is 5.89. The van der Waals surface area contributed by atoms with Crippen LogP contribution in [0.15, 0.2) is 18.2 Å². The minimum atomic E-state index is -4.54. The molecule has 1 aromatic rings. The number of esters is 1. The Balaban J connectivity index is 3.05. The second kappa shape index (κ2) is 4.78. The van der Waals surface area contributed by atoms with E-state index in [1.54, 1.807) is 0 Å². The van der Waals surface area contributed by atoms with Crippen molar-refractivity contribution < 1.29 is 27.8 Å². The predicted octanol–water partition coefficient (Wildman–Crippen LogP) is 1.94. The summed E-state index contributed by atoms with van der Waals surface area (Å²) >= 11 is 0. The van der Waals surface area contributed by atoms with Crippen LogP contribution in [0.1, 0.15) is 11.1 Å². The van der Waals surface area contributed by atoms with Gasteiger partial charge in [0.1, 0.15) is 5.75 Å². The molecule has 0 aliphatic rings. The molecule has 0 spiro atoms. The third kappa shape index (κ3) is 3.41. The standard InChI is InChI=1S/C11H7F3O3/c1-17-10(16)5-3-7-2-4-8(6-9(7)15)11(12,13)14/h2,4,6,15H,1H3. The molecule has 17 heavy (non-hydrogen) atoms. The van der Waals surface area contributed by atoms with Crippen molar-refractivity contribution in [2.75, 3.05) is 7.11 Å². The number of benzene rings is 1. The Morgan fingerprint density at radius 3 is 2.53 bits per heavy atom. The van der Waals surface area contributed by atoms with E-state index in [-0.39, 0.29) is 5.56 Å². The molecule has 0 saturated heterocycles. The molecule has 0 aliphatic carbocycles. The predicted molar refractivity (Wildman–Crippen MR) is 52.0 cm³/mol. The smallest absolute Gasteiger partial charge is 0.416 e. The zero-order chi connectivity index (χ0) is 13.1. The molecule has 3 nitrogen and oxygen atoms in total. The number of hydrogen-bond donors (Lipinski definition) is 1. The highest BCUT2D eigenvalue weighted by Gasteiger charge is 2.30. The van der Waals surface area contributed by atoms with E-state index in [4.69, 9.17) is 0 Å². The number of carbonyl (C=O) groups excluding carboxylic acids is 1. The Labute approximate surface area is 94.8 Å². The molecule has 6 heteroatoms. The quantitative estimate of drug-likeness (QED) is 0.560. The summed E-state index contributed by atoms with van der Waals surface area (Å²) in [5.41, 5.74) is -1.07. The minimum absolute atomic E-state index is 0.0802. The van der Waals surface area contributed by atoms with Gasteiger partial charge in [-0.15, -0.1) is 0 Å². The molecule has 0 unspecified atom stereocenters. The van der Waals surface area contributed by atoms with Gasteiger partial charge in [0.25, 0.3) is 0 Å². The summed E-state index contributed by atoms with van der Waals surface area (Å²) in [6.45, 7) is 0. The number of aromatic hydroxyl groups is 1. The van der Waals surface area contributed by atoms with Crippen LogP contribution in [-0.4, -0.2) is 18.2 Å². The van der Waals surface area contributed by atoms with Crippen molar-refractivity contribution in [3.05, 3.63) is 29.3 Å². The minimum Gasteiger partial charge on any atom is -0.507 e. The van der Waals surface area contributed by atoms with Crippen molar-refractivity contribution in [3.8, 4) is 17.6 Å². The fourth-order valence-electron chi connectivity index (χ4n) is 0.983. The second-order valence-electron chi connectivity index (χ2n) is 2.97. The third-order valence-electron chi connectivity index (χ3n) is 1.81. The van der Waals surface area contributed by atoms with E-state index in [1.807, 2.05) is 5.92 Å². The van der Waals surface area contributed by atoms with E-state index >= 15 is 0 Å². The van der Waals surface area contributed by atoms with Gasteiger partial charge in [0.2, 0.25) is 0 Å². The molecule has 0 saturated carbocycles. The first-order valence-electron chi connectivity index (χ1n) is 4.35. The van der Waals surface area contributed by atoms with Gasteiger partial charge in [0, 0.05) is 5.92 Å². The molecule has 90 valence electrons. The molecule has 1 N–H and O–H groups in total. The average molecular weight is 244 g/mol. The van der Waals surface area contributed by atoms with Gasteiger partial charge in [0.15, 0.2) is 0 Å². The summed E-state index contributed by atoms with van der Waals surface area (Å²) in [4.78, 5) is 10.7. The largest absolute Gasteiger partial charge is 0.507 e. The van der Waals surface area contributed by atoms with Crippen molar-refractivity contribution in [2.24, 2.45) is 0 Å². The molecular weight excluding hydrogens is 237 g/mol. The van der Waals surface area contributed by atoms with Crippen LogP contribution in [0, 0.1) is 11.8 Å². The first-order valence-corrected chi connectivity index (χ1v) is 4.35. The van der Waals surface area contributed by atoms with Gasteiger partial charge in [-0.25, -0.2) is 4.79 Å². The van der Waals surface area contributed by atoms with Crippen LogP contribution in [-0.2, 0) is 15.7 Å². The van der Waals surface area contributed by atoms with Crippen LogP contribution in [0.2, 0.25) is 0 Å². The number of phenolic OH excluding ortho intramolecular Hbond substituents is 1. The number of alkyl halides is 3. The first kappa shape index (κ1) is 12.9. The van der Waals surface area contributed by atoms with E-state index in [2.05, 4.69) is 10.7 Å². The van der Waals surface area contributed by atoms with Gasteiger partial charge < -0.3 is 9.84 Å². The Morgan fingerprint density at radius 1 is 1.41 bits per heavy atom. The summed E-state index contributed by atoms with van der Waals surface area (Å²) in [6.07, 6.45) is -4.54. The lowest BCUT2D eigenvalue weighted by Gasteiger charge is -2.07. The molecule has 0 heterocycles. The number of hydrogen-bond acceptors (Lipinski definition) is 3. The van der Waals surface area contributed by atoms with Crippen molar-refractivity contribution >= 4 is 5.97 Å². The molecule has 0 radical (unpaired) electrons. The van der Waals surface area contributed by atoms with Gasteiger partial charge in [-0.3, -0.25) is 0 Å². The maximum Gasteiger partial charge on any atom is 0.416 e. The summed E-state index contributed by atoms with van der Waals surface area (Å²) in [7, 11) is 1.11. The van der Waals surface area contributed by atoms with Crippen LogP contribution >= 0.6 is 0 Å². The van der Waals surface area contributed by atoms with E-state index in [1.165, 1.54) is 0 Å². The number of halogens is 3. The molecule has 0 fully saturated rings. The third-order valence-corrected chi connectivity index (χ3v) is 1.81. The molecule has 0 bridgehead atoms. The highest BCUT2D eigenvalue weighted by atomic mass is 19.4. The monoisotopic (exact) mass is 244 g/mol. The number of carbonyl (C=O) groups is 1. The Morgan fingerprint density at radius 2 is 2.06 bits per heavy atom. The molecule has 1 aromatic carbocycles. The average Bonchev–Trinajstić information content (AvgIpc) is 2.25. The second-order valence-corrected chi connectivity index (χ2v) is 2.97. The highest BCUT2D eigenvalue weighted by Crippen LogP contribution is 2.32. The van der Waals surface area contributed by atoms with Gasteiger partial charge in [-0.2, -0.15) is 13.2 Å². The summed E-state index contributed by atoms with van der Waals surface area (Å²) in [6, 6.07) is 2.29. The molecule has 0 atom stereocenters. The summed E-state index contributed by atoms with van der Waals surface area (Å²) < 4.78 is 41.0. The van der Waals surface area contributed by atoms with Crippen molar-refractivity contribution in [2.45, 2.75) is 6.18 Å². The molecular formula is C11H7F3O3. The Bertz CT molecular complexity index is 495. The van der Waals surface area contributed by atoms with Crippen LogP contribution in [0.25, 0.3) is 0 Å². The number of methoxy groups -OCH3 is 1. The van der Waals surface area contributed by atoms with Gasteiger partial charge in [-0.1, -0.05) is 5.92 Å². The normalized spacial score (nSPS) is 10.4. The Kier molecular flexibility index (Phi) is 3.63. The maximum atomic E-state index is 12.2. The maximum absolute atomic E-state index is 12.2. The lowest BCUT2D eigenvalue weighted by Crippen LogP contribution is -2.04. The Hall–Kier alpha value is -2.16. The van der Waals surface area contributed by atoms with E-state index in [0.29, 0.717) is 6.07 Å². The van der Waals surface area contributed by atoms with Crippen LogP contribution < -0.4 is 0 Å².